The van der Waals surface area contributed by atoms with Gasteiger partial charge in [0.05, 0.1) is 18.2 Å². The fourth-order valence-electron chi connectivity index (χ4n) is 1.83. The van der Waals surface area contributed by atoms with Crippen molar-refractivity contribution in [2.75, 3.05) is 19.7 Å². The Morgan fingerprint density at radius 1 is 1.27 bits per heavy atom. The molecule has 1 aromatic rings. The third-order valence-electron chi connectivity index (χ3n) is 2.96. The monoisotopic (exact) mass is 304 g/mol. The number of hydrogen-bond acceptors (Lipinski definition) is 5. The number of amides is 1. The summed E-state index contributed by atoms with van der Waals surface area (Å²) < 4.78 is 10.4. The summed E-state index contributed by atoms with van der Waals surface area (Å²) in [5, 5.41) is 8.74. The van der Waals surface area contributed by atoms with Crippen LogP contribution in [0.5, 0.6) is 5.75 Å². The first-order valence-corrected chi connectivity index (χ1v) is 7.13. The van der Waals surface area contributed by atoms with Crippen LogP contribution in [-0.4, -0.2) is 42.6 Å². The van der Waals surface area contributed by atoms with Gasteiger partial charge >= 0.3 is 5.97 Å². The molecular weight excluding hydrogens is 284 g/mol. The molecule has 6 heteroatoms. The standard InChI is InChI=1S/C16H20N2O4/c1-4-18(11-15(19)21-5-2)16(20)12(3)22-14-8-6-13(10-17)7-9-14/h6-9,12H,4-5,11H2,1-3H3. The zero-order valence-corrected chi connectivity index (χ0v) is 13.0. The predicted octanol–water partition coefficient (Wildman–Crippen LogP) is 1.74. The first kappa shape index (κ1) is 17.5. The molecule has 0 saturated carbocycles. The molecule has 22 heavy (non-hydrogen) atoms. The summed E-state index contributed by atoms with van der Waals surface area (Å²) in [4.78, 5) is 25.1. The summed E-state index contributed by atoms with van der Waals surface area (Å²) in [6.45, 7) is 5.69. The van der Waals surface area contributed by atoms with Crippen molar-refractivity contribution in [2.45, 2.75) is 26.9 Å². The van der Waals surface area contributed by atoms with E-state index in [9.17, 15) is 9.59 Å². The lowest BCUT2D eigenvalue weighted by molar-refractivity contribution is -0.150. The minimum atomic E-state index is -0.734. The van der Waals surface area contributed by atoms with Gasteiger partial charge in [-0.15, -0.1) is 0 Å². The molecular formula is C16H20N2O4. The highest BCUT2D eigenvalue weighted by Crippen LogP contribution is 2.14. The van der Waals surface area contributed by atoms with Crippen molar-refractivity contribution in [1.82, 2.24) is 4.90 Å². The predicted molar refractivity (Wildman–Crippen MR) is 80.1 cm³/mol. The maximum atomic E-state index is 12.3. The fourth-order valence-corrected chi connectivity index (χ4v) is 1.83. The van der Waals surface area contributed by atoms with Gasteiger partial charge in [-0.05, 0) is 45.0 Å². The van der Waals surface area contributed by atoms with Crippen LogP contribution in [0.1, 0.15) is 26.3 Å². The van der Waals surface area contributed by atoms with E-state index in [1.807, 2.05) is 6.07 Å². The average Bonchev–Trinajstić information content (AvgIpc) is 2.52. The SMILES string of the molecule is CCOC(=O)CN(CC)C(=O)C(C)Oc1ccc(C#N)cc1. The number of likely N-dealkylation sites (N-methyl/N-ethyl adjacent to an activating group) is 1. The van der Waals surface area contributed by atoms with Crippen molar-refractivity contribution in [3.63, 3.8) is 0 Å². The molecule has 1 aromatic carbocycles. The summed E-state index contributed by atoms with van der Waals surface area (Å²) in [5.74, 6) is -0.241. The van der Waals surface area contributed by atoms with Crippen LogP contribution in [0.4, 0.5) is 0 Å². The van der Waals surface area contributed by atoms with Crippen molar-refractivity contribution < 1.29 is 19.1 Å². The Morgan fingerprint density at radius 3 is 2.41 bits per heavy atom. The van der Waals surface area contributed by atoms with E-state index in [1.165, 1.54) is 4.90 Å². The molecule has 118 valence electrons. The van der Waals surface area contributed by atoms with Crippen LogP contribution in [0.3, 0.4) is 0 Å². The summed E-state index contributed by atoms with van der Waals surface area (Å²) in [7, 11) is 0. The van der Waals surface area contributed by atoms with E-state index in [1.54, 1.807) is 45.0 Å². The molecule has 0 radical (unpaired) electrons. The second-order valence-electron chi connectivity index (χ2n) is 4.55. The van der Waals surface area contributed by atoms with Gasteiger partial charge in [0.15, 0.2) is 6.10 Å². The number of nitrogens with zero attached hydrogens (tertiary/aromatic N) is 2. The van der Waals surface area contributed by atoms with Crippen LogP contribution >= 0.6 is 0 Å². The molecule has 0 aliphatic rings. The topological polar surface area (TPSA) is 79.6 Å². The number of esters is 1. The van der Waals surface area contributed by atoms with E-state index in [0.717, 1.165) is 0 Å². The van der Waals surface area contributed by atoms with Crippen molar-refractivity contribution in [3.8, 4) is 11.8 Å². The van der Waals surface area contributed by atoms with Crippen molar-refractivity contribution >= 4 is 11.9 Å². The fraction of sp³-hybridized carbons (Fsp3) is 0.438. The highest BCUT2D eigenvalue weighted by molar-refractivity contribution is 5.85. The molecule has 0 fully saturated rings. The van der Waals surface area contributed by atoms with E-state index < -0.39 is 12.1 Å². The minimum absolute atomic E-state index is 0.0930. The maximum Gasteiger partial charge on any atom is 0.325 e. The minimum Gasteiger partial charge on any atom is -0.481 e. The Bertz CT molecular complexity index is 548. The number of rotatable bonds is 7. The number of hydrogen-bond donors (Lipinski definition) is 0. The number of carbonyl (C=O) groups excluding carboxylic acids is 2. The summed E-state index contributed by atoms with van der Waals surface area (Å²) in [6.07, 6.45) is -0.734. The molecule has 1 atom stereocenters. The molecule has 0 aromatic heterocycles. The van der Waals surface area contributed by atoms with Crippen LogP contribution in [0, 0.1) is 11.3 Å². The summed E-state index contributed by atoms with van der Waals surface area (Å²) >= 11 is 0. The normalized spacial score (nSPS) is 11.2. The summed E-state index contributed by atoms with van der Waals surface area (Å²) in [5.41, 5.74) is 0.517. The van der Waals surface area contributed by atoms with E-state index >= 15 is 0 Å². The number of benzene rings is 1. The number of ether oxygens (including phenoxy) is 2. The molecule has 0 heterocycles. The molecule has 0 bridgehead atoms. The molecule has 1 amide bonds. The highest BCUT2D eigenvalue weighted by atomic mass is 16.5. The van der Waals surface area contributed by atoms with Gasteiger partial charge in [0.2, 0.25) is 0 Å². The Balaban J connectivity index is 2.65. The molecule has 0 N–H and O–H groups in total. The van der Waals surface area contributed by atoms with E-state index in [-0.39, 0.29) is 19.1 Å². The molecule has 6 nitrogen and oxygen atoms in total. The van der Waals surface area contributed by atoms with Crippen molar-refractivity contribution in [3.05, 3.63) is 29.8 Å². The Hall–Kier alpha value is -2.55. The van der Waals surface area contributed by atoms with E-state index in [4.69, 9.17) is 14.7 Å². The van der Waals surface area contributed by atoms with Gasteiger partial charge in [0, 0.05) is 6.54 Å². The molecule has 1 unspecified atom stereocenters. The summed E-state index contributed by atoms with van der Waals surface area (Å²) in [6, 6.07) is 8.49. The second-order valence-corrected chi connectivity index (χ2v) is 4.55. The lowest BCUT2D eigenvalue weighted by Gasteiger charge is -2.24. The average molecular weight is 304 g/mol. The Kier molecular flexibility index (Phi) is 6.90. The lowest BCUT2D eigenvalue weighted by atomic mass is 10.2. The first-order valence-electron chi connectivity index (χ1n) is 7.13. The molecule has 1 rings (SSSR count). The third kappa shape index (κ3) is 5.09. The largest absolute Gasteiger partial charge is 0.481 e. The van der Waals surface area contributed by atoms with Crippen LogP contribution < -0.4 is 4.74 Å². The van der Waals surface area contributed by atoms with Gasteiger partial charge < -0.3 is 14.4 Å². The number of carbonyl (C=O) groups is 2. The van der Waals surface area contributed by atoms with E-state index in [2.05, 4.69) is 0 Å². The number of nitriles is 1. The smallest absolute Gasteiger partial charge is 0.325 e. The quantitative estimate of drug-likeness (QED) is 0.717. The van der Waals surface area contributed by atoms with Gasteiger partial charge in [-0.1, -0.05) is 0 Å². The van der Waals surface area contributed by atoms with Gasteiger partial charge in [0.1, 0.15) is 12.3 Å². The zero-order valence-electron chi connectivity index (χ0n) is 13.0. The molecule has 0 spiro atoms. The maximum absolute atomic E-state index is 12.3. The van der Waals surface area contributed by atoms with Crippen LogP contribution in [0.25, 0.3) is 0 Å². The van der Waals surface area contributed by atoms with Crippen LogP contribution in [-0.2, 0) is 14.3 Å². The lowest BCUT2D eigenvalue weighted by Crippen LogP contribution is -2.43. The molecule has 0 saturated heterocycles. The van der Waals surface area contributed by atoms with Gasteiger partial charge in [-0.25, -0.2) is 0 Å². The van der Waals surface area contributed by atoms with Gasteiger partial charge in [-0.2, -0.15) is 5.26 Å². The Morgan fingerprint density at radius 2 is 1.91 bits per heavy atom. The first-order chi connectivity index (χ1) is 10.5. The van der Waals surface area contributed by atoms with Gasteiger partial charge in [0.25, 0.3) is 5.91 Å². The third-order valence-corrected chi connectivity index (χ3v) is 2.96. The zero-order chi connectivity index (χ0) is 16.5. The molecule has 0 aliphatic carbocycles. The highest BCUT2D eigenvalue weighted by Gasteiger charge is 2.23. The Labute approximate surface area is 130 Å². The van der Waals surface area contributed by atoms with Gasteiger partial charge in [-0.3, -0.25) is 9.59 Å². The van der Waals surface area contributed by atoms with Crippen molar-refractivity contribution in [1.29, 1.82) is 5.26 Å². The second kappa shape index (κ2) is 8.67. The van der Waals surface area contributed by atoms with E-state index in [0.29, 0.717) is 17.9 Å². The molecule has 0 aliphatic heterocycles. The van der Waals surface area contributed by atoms with Crippen LogP contribution in [0.2, 0.25) is 0 Å². The van der Waals surface area contributed by atoms with Crippen molar-refractivity contribution in [2.24, 2.45) is 0 Å². The van der Waals surface area contributed by atoms with Crippen LogP contribution in [0.15, 0.2) is 24.3 Å².